The molecular weight excluding hydrogens is 307 g/mol. The van der Waals surface area contributed by atoms with E-state index in [1.807, 2.05) is 12.1 Å². The van der Waals surface area contributed by atoms with E-state index >= 15 is 0 Å². The fourth-order valence-electron chi connectivity index (χ4n) is 1.18. The van der Waals surface area contributed by atoms with Crippen LogP contribution in [0.2, 0.25) is 0 Å². The molecule has 1 unspecified atom stereocenters. The maximum atomic E-state index is 11.7. The fraction of sp³-hybridized carbons (Fsp3) is 0.300. The molecule has 1 rings (SSSR count). The highest BCUT2D eigenvalue weighted by Crippen LogP contribution is 2.24. The van der Waals surface area contributed by atoms with Gasteiger partial charge in [-0.1, -0.05) is 23.4 Å². The second-order valence-corrected chi connectivity index (χ2v) is 4.42. The van der Waals surface area contributed by atoms with E-state index in [9.17, 15) is 9.70 Å². The molecule has 0 aliphatic heterocycles. The molecule has 1 aromatic rings. The van der Waals surface area contributed by atoms with E-state index in [4.69, 9.17) is 0 Å². The van der Waals surface area contributed by atoms with Crippen LogP contribution in [0.5, 0.6) is 0 Å². The Hall–Kier alpha value is -0.980. The molecule has 0 aromatic heterocycles. The van der Waals surface area contributed by atoms with Gasteiger partial charge in [0.05, 0.1) is 0 Å². The van der Waals surface area contributed by atoms with E-state index in [1.165, 1.54) is 4.90 Å². The van der Waals surface area contributed by atoms with Crippen LogP contribution in [0, 0.1) is 8.48 Å². The lowest BCUT2D eigenvalue weighted by Gasteiger charge is -2.15. The van der Waals surface area contributed by atoms with Crippen molar-refractivity contribution in [3.05, 3.63) is 38.3 Å². The summed E-state index contributed by atoms with van der Waals surface area (Å²) in [5, 5.41) is 2.89. The quantitative estimate of drug-likeness (QED) is 0.634. The maximum Gasteiger partial charge on any atom is 0.255 e. The molecule has 0 aliphatic rings. The molecule has 0 N–H and O–H groups in total. The van der Waals surface area contributed by atoms with Crippen molar-refractivity contribution in [2.45, 2.75) is 6.04 Å². The van der Waals surface area contributed by atoms with Crippen molar-refractivity contribution in [2.24, 2.45) is 5.18 Å². The summed E-state index contributed by atoms with van der Waals surface area (Å²) >= 11 is 2.09. The van der Waals surface area contributed by atoms with E-state index in [-0.39, 0.29) is 5.91 Å². The highest BCUT2D eigenvalue weighted by molar-refractivity contribution is 14.1. The average Bonchev–Trinajstić information content (AvgIpc) is 2.21. The molecule has 80 valence electrons. The number of nitroso groups, excluding NO2 is 1. The molecule has 1 atom stereocenters. The first-order valence-corrected chi connectivity index (χ1v) is 5.44. The summed E-state index contributed by atoms with van der Waals surface area (Å²) < 4.78 is 0.870. The van der Waals surface area contributed by atoms with Gasteiger partial charge in [0.2, 0.25) is 0 Å². The summed E-state index contributed by atoms with van der Waals surface area (Å²) in [5.74, 6) is -0.297. The lowest BCUT2D eigenvalue weighted by molar-refractivity contribution is -0.130. The molecule has 0 aliphatic carbocycles. The Kier molecular flexibility index (Phi) is 4.19. The Morgan fingerprint density at radius 1 is 1.40 bits per heavy atom. The zero-order valence-electron chi connectivity index (χ0n) is 8.48. The van der Waals surface area contributed by atoms with Crippen molar-refractivity contribution in [2.75, 3.05) is 14.1 Å². The molecule has 1 aromatic carbocycles. The molecule has 5 heteroatoms. The predicted molar refractivity (Wildman–Crippen MR) is 66.4 cm³/mol. The molecule has 0 radical (unpaired) electrons. The minimum absolute atomic E-state index is 0.297. The Labute approximate surface area is 102 Å². The van der Waals surface area contributed by atoms with Gasteiger partial charge < -0.3 is 4.90 Å². The predicted octanol–water partition coefficient (Wildman–Crippen LogP) is 2.19. The van der Waals surface area contributed by atoms with Crippen LogP contribution >= 0.6 is 22.6 Å². The molecule has 0 spiro atoms. The zero-order chi connectivity index (χ0) is 11.4. The molecule has 0 saturated carbocycles. The number of hydrogen-bond donors (Lipinski definition) is 0. The monoisotopic (exact) mass is 318 g/mol. The second-order valence-electron chi connectivity index (χ2n) is 3.26. The fourth-order valence-corrected chi connectivity index (χ4v) is 1.86. The van der Waals surface area contributed by atoms with Crippen LogP contribution in [-0.4, -0.2) is 24.9 Å². The van der Waals surface area contributed by atoms with Crippen molar-refractivity contribution in [3.63, 3.8) is 0 Å². The number of halogens is 1. The third kappa shape index (κ3) is 2.74. The summed E-state index contributed by atoms with van der Waals surface area (Å²) in [6, 6.07) is 6.30. The van der Waals surface area contributed by atoms with Crippen molar-refractivity contribution < 1.29 is 4.79 Å². The first-order chi connectivity index (χ1) is 7.07. The summed E-state index contributed by atoms with van der Waals surface area (Å²) in [6.07, 6.45) is 0. The SMILES string of the molecule is CN(C)C(=O)C(N=O)c1ccccc1I. The minimum Gasteiger partial charge on any atom is -0.347 e. The Morgan fingerprint density at radius 3 is 2.47 bits per heavy atom. The highest BCUT2D eigenvalue weighted by atomic mass is 127. The molecular formula is C10H11IN2O2. The number of amides is 1. The van der Waals surface area contributed by atoms with Gasteiger partial charge in [-0.2, -0.15) is 0 Å². The van der Waals surface area contributed by atoms with Crippen molar-refractivity contribution in [1.29, 1.82) is 0 Å². The van der Waals surface area contributed by atoms with Crippen molar-refractivity contribution >= 4 is 28.5 Å². The summed E-state index contributed by atoms with van der Waals surface area (Å²) in [5.41, 5.74) is 0.659. The topological polar surface area (TPSA) is 49.7 Å². The van der Waals surface area contributed by atoms with E-state index < -0.39 is 6.04 Å². The molecule has 0 fully saturated rings. The second kappa shape index (κ2) is 5.20. The molecule has 0 bridgehead atoms. The number of hydrogen-bond acceptors (Lipinski definition) is 3. The van der Waals surface area contributed by atoms with Crippen LogP contribution < -0.4 is 0 Å². The van der Waals surface area contributed by atoms with Crippen LogP contribution in [0.25, 0.3) is 0 Å². The average molecular weight is 318 g/mol. The van der Waals surface area contributed by atoms with Crippen LogP contribution in [0.3, 0.4) is 0 Å². The van der Waals surface area contributed by atoms with Crippen LogP contribution in [0.15, 0.2) is 29.4 Å². The highest BCUT2D eigenvalue weighted by Gasteiger charge is 2.24. The number of rotatable bonds is 3. The van der Waals surface area contributed by atoms with E-state index in [1.54, 1.807) is 26.2 Å². The summed E-state index contributed by atoms with van der Waals surface area (Å²) in [4.78, 5) is 23.7. The van der Waals surface area contributed by atoms with Gasteiger partial charge in [-0.3, -0.25) is 4.79 Å². The summed E-state index contributed by atoms with van der Waals surface area (Å²) in [7, 11) is 3.21. The van der Waals surface area contributed by atoms with Gasteiger partial charge in [0.25, 0.3) is 5.91 Å². The lowest BCUT2D eigenvalue weighted by atomic mass is 10.1. The van der Waals surface area contributed by atoms with Crippen molar-refractivity contribution in [3.8, 4) is 0 Å². The smallest absolute Gasteiger partial charge is 0.255 e. The van der Waals surface area contributed by atoms with Gasteiger partial charge in [0.15, 0.2) is 6.04 Å². The van der Waals surface area contributed by atoms with Gasteiger partial charge in [0, 0.05) is 23.2 Å². The van der Waals surface area contributed by atoms with Gasteiger partial charge in [-0.25, -0.2) is 0 Å². The van der Waals surface area contributed by atoms with Crippen LogP contribution in [-0.2, 0) is 4.79 Å². The third-order valence-corrected chi connectivity index (χ3v) is 2.96. The zero-order valence-corrected chi connectivity index (χ0v) is 10.6. The molecule has 15 heavy (non-hydrogen) atoms. The largest absolute Gasteiger partial charge is 0.347 e. The first-order valence-electron chi connectivity index (χ1n) is 4.36. The lowest BCUT2D eigenvalue weighted by Crippen LogP contribution is -2.27. The third-order valence-electron chi connectivity index (χ3n) is 1.98. The number of benzene rings is 1. The minimum atomic E-state index is -0.937. The number of likely N-dealkylation sites (N-methyl/N-ethyl adjacent to an activating group) is 1. The Balaban J connectivity index is 3.08. The molecule has 0 saturated heterocycles. The maximum absolute atomic E-state index is 11.7. The number of nitrogens with zero attached hydrogens (tertiary/aromatic N) is 2. The van der Waals surface area contributed by atoms with Gasteiger partial charge in [0.1, 0.15) is 0 Å². The Morgan fingerprint density at radius 2 is 2.00 bits per heavy atom. The van der Waals surface area contributed by atoms with Gasteiger partial charge >= 0.3 is 0 Å². The van der Waals surface area contributed by atoms with Crippen LogP contribution in [0.1, 0.15) is 11.6 Å². The standard InChI is InChI=1S/C10H11IN2O2/c1-13(2)10(14)9(12-15)7-5-3-4-6-8(7)11/h3-6,9H,1-2H3. The normalized spacial score (nSPS) is 11.9. The van der Waals surface area contributed by atoms with Gasteiger partial charge in [-0.05, 0) is 28.7 Å². The molecule has 4 nitrogen and oxygen atoms in total. The summed E-state index contributed by atoms with van der Waals surface area (Å²) in [6.45, 7) is 0. The number of carbonyl (C=O) groups is 1. The van der Waals surface area contributed by atoms with Crippen LogP contribution in [0.4, 0.5) is 0 Å². The van der Waals surface area contributed by atoms with Crippen molar-refractivity contribution in [1.82, 2.24) is 4.90 Å². The molecule has 1 amide bonds. The number of carbonyl (C=O) groups excluding carboxylic acids is 1. The van der Waals surface area contributed by atoms with E-state index in [2.05, 4.69) is 27.8 Å². The van der Waals surface area contributed by atoms with E-state index in [0.29, 0.717) is 5.56 Å². The molecule has 0 heterocycles. The van der Waals surface area contributed by atoms with E-state index in [0.717, 1.165) is 3.57 Å². The Bertz CT molecular complexity index is 379. The van der Waals surface area contributed by atoms with Gasteiger partial charge in [-0.15, -0.1) is 4.91 Å². The first kappa shape index (κ1) is 12.1.